The normalized spacial score (nSPS) is 23.7. The number of methoxy groups -OCH3 is 1. The molecule has 1 aliphatic rings. The van der Waals surface area contributed by atoms with Crippen molar-refractivity contribution in [1.82, 2.24) is 0 Å². The molecular weight excluding hydrogens is 492 g/mol. The summed E-state index contributed by atoms with van der Waals surface area (Å²) in [5.74, 6) is -2.32. The maximum Gasteiger partial charge on any atom is 0.330 e. The number of aromatic hydroxyl groups is 2. The number of aliphatic hydroxyl groups is 3. The van der Waals surface area contributed by atoms with Crippen molar-refractivity contribution in [2.75, 3.05) is 13.7 Å². The molecule has 6 N–H and O–H groups in total. The van der Waals surface area contributed by atoms with Crippen molar-refractivity contribution in [3.8, 4) is 23.0 Å². The van der Waals surface area contributed by atoms with Crippen molar-refractivity contribution in [2.24, 2.45) is 0 Å². The zero-order valence-electron chi connectivity index (χ0n) is 19.5. The first kappa shape index (κ1) is 27.5. The number of benzene rings is 2. The standard InChI is InChI=1S/C25H26O12/c1-34-15-6-4-14(5-8-20(28)29)18(11-15)36-25-24(33)23(32)22(31)19(37-25)12-35-21(30)9-3-13-2-7-16(26)17(27)10-13/h2-11,19,22-27,31-33H,12H2,1H3,(H,28,29)/t19-,22+,23+,24+,25-/m0/s1. The van der Waals surface area contributed by atoms with Crippen LogP contribution in [0.2, 0.25) is 0 Å². The minimum Gasteiger partial charge on any atom is -0.504 e. The quantitative estimate of drug-likeness (QED) is 0.154. The van der Waals surface area contributed by atoms with Crippen molar-refractivity contribution < 1.29 is 59.2 Å². The predicted octanol–water partition coefficient (Wildman–Crippen LogP) is 0.647. The van der Waals surface area contributed by atoms with E-state index < -0.39 is 49.3 Å². The van der Waals surface area contributed by atoms with Crippen LogP contribution in [-0.2, 0) is 19.1 Å². The Morgan fingerprint density at radius 3 is 2.38 bits per heavy atom. The van der Waals surface area contributed by atoms with Crippen LogP contribution in [0.4, 0.5) is 0 Å². The lowest BCUT2D eigenvalue weighted by Gasteiger charge is -2.40. The summed E-state index contributed by atoms with van der Waals surface area (Å²) in [7, 11) is 1.40. The van der Waals surface area contributed by atoms with Gasteiger partial charge in [0.2, 0.25) is 6.29 Å². The highest BCUT2D eigenvalue weighted by molar-refractivity contribution is 5.87. The Labute approximate surface area is 210 Å². The van der Waals surface area contributed by atoms with Gasteiger partial charge in [0.05, 0.1) is 7.11 Å². The van der Waals surface area contributed by atoms with E-state index in [0.29, 0.717) is 16.9 Å². The van der Waals surface area contributed by atoms with Crippen LogP contribution in [0.25, 0.3) is 12.2 Å². The third-order valence-corrected chi connectivity index (χ3v) is 5.34. The summed E-state index contributed by atoms with van der Waals surface area (Å²) in [5, 5.41) is 58.8. The fraction of sp³-hybridized carbons (Fsp3) is 0.280. The van der Waals surface area contributed by atoms with E-state index in [2.05, 4.69) is 0 Å². The minimum atomic E-state index is -1.72. The lowest BCUT2D eigenvalue weighted by molar-refractivity contribution is -0.278. The van der Waals surface area contributed by atoms with E-state index in [-0.39, 0.29) is 17.2 Å². The van der Waals surface area contributed by atoms with Crippen molar-refractivity contribution in [3.05, 3.63) is 59.7 Å². The number of rotatable bonds is 9. The summed E-state index contributed by atoms with van der Waals surface area (Å²) >= 11 is 0. The van der Waals surface area contributed by atoms with Gasteiger partial charge in [0.15, 0.2) is 11.5 Å². The van der Waals surface area contributed by atoms with Crippen LogP contribution in [0.5, 0.6) is 23.0 Å². The molecule has 2 aromatic carbocycles. The fourth-order valence-electron chi connectivity index (χ4n) is 3.34. The molecule has 0 aromatic heterocycles. The van der Waals surface area contributed by atoms with Gasteiger partial charge in [-0.05, 0) is 42.0 Å². The van der Waals surface area contributed by atoms with Gasteiger partial charge in [0, 0.05) is 23.8 Å². The molecule has 37 heavy (non-hydrogen) atoms. The molecule has 0 saturated carbocycles. The smallest absolute Gasteiger partial charge is 0.330 e. The average Bonchev–Trinajstić information content (AvgIpc) is 2.87. The third kappa shape index (κ3) is 7.21. The zero-order chi connectivity index (χ0) is 27.1. The summed E-state index contributed by atoms with van der Waals surface area (Å²) in [5.41, 5.74) is 0.701. The largest absolute Gasteiger partial charge is 0.504 e. The van der Waals surface area contributed by atoms with E-state index in [1.54, 1.807) is 6.07 Å². The van der Waals surface area contributed by atoms with Crippen LogP contribution in [0.1, 0.15) is 11.1 Å². The Kier molecular flexibility index (Phi) is 9.09. The molecule has 0 amide bonds. The molecule has 3 rings (SSSR count). The van der Waals surface area contributed by atoms with E-state index >= 15 is 0 Å². The second kappa shape index (κ2) is 12.2. The number of carbonyl (C=O) groups excluding carboxylic acids is 1. The molecule has 1 fully saturated rings. The van der Waals surface area contributed by atoms with Crippen LogP contribution < -0.4 is 9.47 Å². The summed E-state index contributed by atoms with van der Waals surface area (Å²) in [4.78, 5) is 23.0. The third-order valence-electron chi connectivity index (χ3n) is 5.34. The first-order valence-electron chi connectivity index (χ1n) is 10.9. The number of hydrogen-bond donors (Lipinski definition) is 6. The van der Waals surface area contributed by atoms with Gasteiger partial charge >= 0.3 is 11.9 Å². The van der Waals surface area contributed by atoms with Crippen LogP contribution in [0.15, 0.2) is 48.6 Å². The maximum atomic E-state index is 12.1. The summed E-state index contributed by atoms with van der Waals surface area (Å²) in [6.07, 6.45) is -3.39. The number of esters is 1. The maximum absolute atomic E-state index is 12.1. The molecule has 0 bridgehead atoms. The zero-order valence-corrected chi connectivity index (χ0v) is 19.5. The van der Waals surface area contributed by atoms with Crippen molar-refractivity contribution in [1.29, 1.82) is 0 Å². The second-order valence-electron chi connectivity index (χ2n) is 7.92. The first-order valence-corrected chi connectivity index (χ1v) is 10.9. The molecule has 0 radical (unpaired) electrons. The number of phenols is 2. The fourth-order valence-corrected chi connectivity index (χ4v) is 3.34. The molecule has 12 heteroatoms. The van der Waals surface area contributed by atoms with E-state index in [9.17, 15) is 35.1 Å². The van der Waals surface area contributed by atoms with Crippen LogP contribution >= 0.6 is 0 Å². The number of hydrogen-bond acceptors (Lipinski definition) is 11. The summed E-state index contributed by atoms with van der Waals surface area (Å²) in [6, 6.07) is 8.39. The van der Waals surface area contributed by atoms with Gasteiger partial charge in [0.25, 0.3) is 0 Å². The number of ether oxygens (including phenoxy) is 4. The number of carboxylic acids is 1. The number of aliphatic hydroxyl groups excluding tert-OH is 3. The molecule has 1 heterocycles. The Hall–Kier alpha value is -4.10. The van der Waals surface area contributed by atoms with E-state index in [1.807, 2.05) is 0 Å². The molecule has 1 aliphatic heterocycles. The SMILES string of the molecule is COc1ccc(C=CC(=O)O)c(O[C@H]2O[C@@H](COC(=O)C=Cc3ccc(O)c(O)c3)[C@@H](O)[C@@H](O)[C@H]2O)c1. The minimum absolute atomic E-state index is 0.0559. The van der Waals surface area contributed by atoms with Crippen LogP contribution in [0, 0.1) is 0 Å². The van der Waals surface area contributed by atoms with E-state index in [1.165, 1.54) is 49.6 Å². The molecule has 2 aromatic rings. The molecule has 1 saturated heterocycles. The highest BCUT2D eigenvalue weighted by Crippen LogP contribution is 2.31. The van der Waals surface area contributed by atoms with Gasteiger partial charge in [-0.1, -0.05) is 6.07 Å². The Morgan fingerprint density at radius 2 is 1.70 bits per heavy atom. The molecule has 5 atom stereocenters. The number of carboxylic acid groups (broad SMARTS) is 1. The van der Waals surface area contributed by atoms with Crippen LogP contribution in [0.3, 0.4) is 0 Å². The number of phenolic OH excluding ortho intramolecular Hbond substituents is 2. The van der Waals surface area contributed by atoms with Gasteiger partial charge in [-0.15, -0.1) is 0 Å². The average molecular weight is 518 g/mol. The first-order chi connectivity index (χ1) is 17.6. The number of carbonyl (C=O) groups is 2. The highest BCUT2D eigenvalue weighted by atomic mass is 16.7. The van der Waals surface area contributed by atoms with Crippen molar-refractivity contribution >= 4 is 24.1 Å². The Balaban J connectivity index is 1.69. The highest BCUT2D eigenvalue weighted by Gasteiger charge is 2.45. The summed E-state index contributed by atoms with van der Waals surface area (Å²) in [6.45, 7) is -0.515. The van der Waals surface area contributed by atoms with Crippen molar-refractivity contribution in [2.45, 2.75) is 30.7 Å². The Bertz CT molecular complexity index is 1170. The second-order valence-corrected chi connectivity index (χ2v) is 7.92. The monoisotopic (exact) mass is 518 g/mol. The lowest BCUT2D eigenvalue weighted by atomic mass is 9.99. The van der Waals surface area contributed by atoms with Crippen LogP contribution in [-0.4, -0.2) is 87.0 Å². The molecule has 0 aliphatic carbocycles. The van der Waals surface area contributed by atoms with Gasteiger partial charge in [-0.3, -0.25) is 0 Å². The lowest BCUT2D eigenvalue weighted by Crippen LogP contribution is -2.60. The number of aliphatic carboxylic acids is 1. The topological polar surface area (TPSA) is 192 Å². The Morgan fingerprint density at radius 1 is 0.946 bits per heavy atom. The molecule has 0 spiro atoms. The van der Waals surface area contributed by atoms with Gasteiger partial charge in [-0.25, -0.2) is 9.59 Å². The predicted molar refractivity (Wildman–Crippen MR) is 127 cm³/mol. The van der Waals surface area contributed by atoms with E-state index in [4.69, 9.17) is 24.1 Å². The summed E-state index contributed by atoms with van der Waals surface area (Å²) < 4.78 is 21.5. The van der Waals surface area contributed by atoms with Gasteiger partial charge < -0.3 is 49.6 Å². The van der Waals surface area contributed by atoms with Crippen molar-refractivity contribution in [3.63, 3.8) is 0 Å². The molecular formula is C25H26O12. The molecule has 12 nitrogen and oxygen atoms in total. The van der Waals surface area contributed by atoms with E-state index in [0.717, 1.165) is 12.2 Å². The molecule has 0 unspecified atom stereocenters. The van der Waals surface area contributed by atoms with Gasteiger partial charge in [0.1, 0.15) is 42.5 Å². The molecule has 198 valence electrons. The van der Waals surface area contributed by atoms with Gasteiger partial charge in [-0.2, -0.15) is 0 Å².